The molecule has 3 aromatic rings. The quantitative estimate of drug-likeness (QED) is 0.784. The summed E-state index contributed by atoms with van der Waals surface area (Å²) in [6.45, 7) is 3.43. The second-order valence-electron chi connectivity index (χ2n) is 6.16. The Bertz CT molecular complexity index is 863. The number of carbonyl (C=O) groups excluding carboxylic acids is 1. The molecule has 0 aliphatic carbocycles. The lowest BCUT2D eigenvalue weighted by molar-refractivity contribution is 0.0664. The number of nitrogens with zero attached hydrogens (tertiary/aromatic N) is 4. The van der Waals surface area contributed by atoms with Crippen LogP contribution in [0.4, 0.5) is 0 Å². The largest absolute Gasteiger partial charge is 0.343 e. The Hall–Kier alpha value is -2.73. The van der Waals surface area contributed by atoms with Gasteiger partial charge in [0.2, 0.25) is 0 Å². The molecule has 1 N–H and O–H groups in total. The summed E-state index contributed by atoms with van der Waals surface area (Å²) in [6, 6.07) is 9.61. The van der Waals surface area contributed by atoms with Crippen molar-refractivity contribution in [3.8, 4) is 11.3 Å². The van der Waals surface area contributed by atoms with Gasteiger partial charge >= 0.3 is 0 Å². The molecule has 1 amide bonds. The first-order chi connectivity index (χ1) is 11.7. The lowest BCUT2D eigenvalue weighted by atomic mass is 10.1. The maximum Gasteiger partial charge on any atom is 0.253 e. The molecule has 0 bridgehead atoms. The van der Waals surface area contributed by atoms with E-state index < -0.39 is 0 Å². The number of aromatic amines is 1. The van der Waals surface area contributed by atoms with E-state index in [-0.39, 0.29) is 5.91 Å². The predicted octanol–water partition coefficient (Wildman–Crippen LogP) is 2.01. The van der Waals surface area contributed by atoms with E-state index in [4.69, 9.17) is 0 Å². The van der Waals surface area contributed by atoms with E-state index in [1.54, 1.807) is 12.5 Å². The highest BCUT2D eigenvalue weighted by molar-refractivity contribution is 5.94. The highest BCUT2D eigenvalue weighted by Gasteiger charge is 2.20. The van der Waals surface area contributed by atoms with Crippen LogP contribution in [0.2, 0.25) is 0 Å². The summed E-state index contributed by atoms with van der Waals surface area (Å²) in [6.07, 6.45) is 3.44. The summed E-state index contributed by atoms with van der Waals surface area (Å²) in [4.78, 5) is 28.5. The zero-order valence-electron chi connectivity index (χ0n) is 13.6. The topological polar surface area (TPSA) is 65.1 Å². The van der Waals surface area contributed by atoms with Crippen molar-refractivity contribution in [2.24, 2.45) is 0 Å². The average molecular weight is 321 g/mol. The van der Waals surface area contributed by atoms with Crippen molar-refractivity contribution in [3.05, 3.63) is 48.4 Å². The maximum absolute atomic E-state index is 12.6. The van der Waals surface area contributed by atoms with Gasteiger partial charge in [-0.2, -0.15) is 0 Å². The lowest BCUT2D eigenvalue weighted by Crippen LogP contribution is -2.47. The molecule has 0 unspecified atom stereocenters. The third-order valence-corrected chi connectivity index (χ3v) is 4.52. The van der Waals surface area contributed by atoms with Gasteiger partial charge in [0.05, 0.1) is 29.3 Å². The van der Waals surface area contributed by atoms with Crippen molar-refractivity contribution in [3.63, 3.8) is 0 Å². The van der Waals surface area contributed by atoms with Crippen molar-refractivity contribution in [2.75, 3.05) is 33.2 Å². The van der Waals surface area contributed by atoms with Gasteiger partial charge in [-0.3, -0.25) is 9.78 Å². The fourth-order valence-electron chi connectivity index (χ4n) is 2.97. The Kier molecular flexibility index (Phi) is 3.74. The number of H-pyrrole nitrogens is 1. The minimum Gasteiger partial charge on any atom is -0.343 e. The summed E-state index contributed by atoms with van der Waals surface area (Å²) in [5.41, 5.74) is 4.37. The number of amides is 1. The van der Waals surface area contributed by atoms with Crippen LogP contribution in [0.25, 0.3) is 22.3 Å². The molecule has 3 heterocycles. The van der Waals surface area contributed by atoms with Crippen LogP contribution in [0.5, 0.6) is 0 Å². The van der Waals surface area contributed by atoms with Crippen LogP contribution in [-0.2, 0) is 0 Å². The molecule has 0 radical (unpaired) electrons. The fraction of sp³-hybridized carbons (Fsp3) is 0.278. The zero-order valence-corrected chi connectivity index (χ0v) is 13.6. The molecule has 122 valence electrons. The summed E-state index contributed by atoms with van der Waals surface area (Å²) in [5.74, 6) is 0.102. The van der Waals surface area contributed by atoms with Crippen LogP contribution in [0.1, 0.15) is 10.4 Å². The Labute approximate surface area is 140 Å². The van der Waals surface area contributed by atoms with E-state index in [0.717, 1.165) is 54.0 Å². The van der Waals surface area contributed by atoms with Crippen molar-refractivity contribution in [2.45, 2.75) is 0 Å². The second-order valence-corrected chi connectivity index (χ2v) is 6.16. The molecular weight excluding hydrogens is 302 g/mol. The van der Waals surface area contributed by atoms with Crippen molar-refractivity contribution >= 4 is 16.9 Å². The van der Waals surface area contributed by atoms with Crippen LogP contribution < -0.4 is 0 Å². The van der Waals surface area contributed by atoms with Gasteiger partial charge < -0.3 is 14.8 Å². The fourth-order valence-corrected chi connectivity index (χ4v) is 2.97. The number of fused-ring (bicyclic) bond motifs is 1. The number of imidazole rings is 1. The first kappa shape index (κ1) is 14.8. The number of pyridine rings is 1. The number of aromatic nitrogens is 3. The number of carbonyl (C=O) groups is 1. The molecule has 6 heteroatoms. The molecule has 0 atom stereocenters. The second kappa shape index (κ2) is 6.05. The van der Waals surface area contributed by atoms with E-state index in [1.807, 2.05) is 35.2 Å². The Morgan fingerprint density at radius 1 is 1.08 bits per heavy atom. The average Bonchev–Trinajstić information content (AvgIpc) is 3.09. The van der Waals surface area contributed by atoms with Gasteiger partial charge in [-0.05, 0) is 25.2 Å². The van der Waals surface area contributed by atoms with Gasteiger partial charge in [-0.1, -0.05) is 12.1 Å². The summed E-state index contributed by atoms with van der Waals surface area (Å²) in [5, 5.41) is 0. The highest BCUT2D eigenvalue weighted by Crippen LogP contribution is 2.21. The minimum atomic E-state index is 0.102. The molecule has 1 saturated heterocycles. The van der Waals surface area contributed by atoms with E-state index in [1.165, 1.54) is 0 Å². The first-order valence-corrected chi connectivity index (χ1v) is 8.08. The van der Waals surface area contributed by atoms with E-state index in [2.05, 4.69) is 26.9 Å². The van der Waals surface area contributed by atoms with Crippen LogP contribution in [-0.4, -0.2) is 63.9 Å². The van der Waals surface area contributed by atoms with Crippen LogP contribution in [0.15, 0.2) is 42.9 Å². The number of piperazine rings is 1. The lowest BCUT2D eigenvalue weighted by Gasteiger charge is -2.32. The highest BCUT2D eigenvalue weighted by atomic mass is 16.2. The third-order valence-electron chi connectivity index (χ3n) is 4.52. The number of hydrogen-bond acceptors (Lipinski definition) is 4. The molecule has 1 aromatic carbocycles. The summed E-state index contributed by atoms with van der Waals surface area (Å²) < 4.78 is 0. The minimum absolute atomic E-state index is 0.102. The Balaban J connectivity index is 1.54. The standard InChI is InChI=1S/C18H19N5O/c1-22-6-8-23(9-7-22)18(24)14-4-2-13(3-5-14)15-10-16-17(11-19-15)21-12-20-16/h2-5,10-12H,6-9H2,1H3,(H,20,21). The Morgan fingerprint density at radius 3 is 2.58 bits per heavy atom. The van der Waals surface area contributed by atoms with E-state index in [9.17, 15) is 4.79 Å². The number of rotatable bonds is 2. The monoisotopic (exact) mass is 321 g/mol. The van der Waals surface area contributed by atoms with Gasteiger partial charge in [0.15, 0.2) is 0 Å². The molecule has 0 saturated carbocycles. The first-order valence-electron chi connectivity index (χ1n) is 8.08. The SMILES string of the molecule is CN1CCN(C(=O)c2ccc(-c3cc4nc[nH]c4cn3)cc2)CC1. The number of likely N-dealkylation sites (N-methyl/N-ethyl adjacent to an activating group) is 1. The predicted molar refractivity (Wildman–Crippen MR) is 92.7 cm³/mol. The van der Waals surface area contributed by atoms with Crippen LogP contribution in [0.3, 0.4) is 0 Å². The van der Waals surface area contributed by atoms with Crippen molar-refractivity contribution < 1.29 is 4.79 Å². The zero-order chi connectivity index (χ0) is 16.5. The summed E-state index contributed by atoms with van der Waals surface area (Å²) in [7, 11) is 2.08. The molecule has 0 spiro atoms. The number of hydrogen-bond donors (Lipinski definition) is 1. The molecule has 24 heavy (non-hydrogen) atoms. The molecule has 1 aliphatic rings. The summed E-state index contributed by atoms with van der Waals surface area (Å²) >= 11 is 0. The van der Waals surface area contributed by atoms with Gasteiger partial charge in [0.25, 0.3) is 5.91 Å². The number of nitrogens with one attached hydrogen (secondary N) is 1. The molecule has 2 aromatic heterocycles. The molecule has 1 aliphatic heterocycles. The Morgan fingerprint density at radius 2 is 1.83 bits per heavy atom. The van der Waals surface area contributed by atoms with Crippen LogP contribution >= 0.6 is 0 Å². The molecule has 4 rings (SSSR count). The van der Waals surface area contributed by atoms with Gasteiger partial charge in [0, 0.05) is 37.3 Å². The van der Waals surface area contributed by atoms with Crippen molar-refractivity contribution in [1.82, 2.24) is 24.8 Å². The molecular formula is C18H19N5O. The molecule has 6 nitrogen and oxygen atoms in total. The van der Waals surface area contributed by atoms with E-state index >= 15 is 0 Å². The van der Waals surface area contributed by atoms with Gasteiger partial charge in [-0.15, -0.1) is 0 Å². The van der Waals surface area contributed by atoms with Crippen LogP contribution in [0, 0.1) is 0 Å². The number of benzene rings is 1. The van der Waals surface area contributed by atoms with Gasteiger partial charge in [-0.25, -0.2) is 4.98 Å². The third kappa shape index (κ3) is 2.76. The van der Waals surface area contributed by atoms with E-state index in [0.29, 0.717) is 0 Å². The van der Waals surface area contributed by atoms with Gasteiger partial charge in [0.1, 0.15) is 0 Å². The molecule has 1 fully saturated rings. The normalized spacial score (nSPS) is 15.8. The maximum atomic E-state index is 12.6. The smallest absolute Gasteiger partial charge is 0.253 e. The van der Waals surface area contributed by atoms with Crippen molar-refractivity contribution in [1.29, 1.82) is 0 Å².